The third-order valence-electron chi connectivity index (χ3n) is 8.19. The van der Waals surface area contributed by atoms with E-state index in [4.69, 9.17) is 0 Å². The van der Waals surface area contributed by atoms with Crippen LogP contribution >= 0.6 is 0 Å². The van der Waals surface area contributed by atoms with Crippen molar-refractivity contribution in [3.05, 3.63) is 54.1 Å². The van der Waals surface area contributed by atoms with Gasteiger partial charge in [0.25, 0.3) is 0 Å². The minimum Gasteiger partial charge on any atom is -0.317 e. The molecule has 1 aromatic heterocycles. The quantitative estimate of drug-likeness (QED) is 0.667. The molecule has 0 radical (unpaired) electrons. The predicted octanol–water partition coefficient (Wildman–Crippen LogP) is 4.97. The number of amides is 2. The van der Waals surface area contributed by atoms with Gasteiger partial charge in [-0.1, -0.05) is 36.8 Å². The van der Waals surface area contributed by atoms with Crippen LogP contribution in [0.25, 0.3) is 0 Å². The SMILES string of the molecule is CN[C@]1(c2ccccc2)CC[C@@]2(CC1)CN(c1cnc(C(F)(F)F)nc1)C(=O)N2CC1CCC1. The zero-order chi connectivity index (χ0) is 24.0. The number of carbonyl (C=O) groups is 1. The van der Waals surface area contributed by atoms with Crippen molar-refractivity contribution in [2.24, 2.45) is 5.92 Å². The highest BCUT2D eigenvalue weighted by atomic mass is 19.4. The lowest BCUT2D eigenvalue weighted by Gasteiger charge is -2.49. The number of hydrogen-bond donors (Lipinski definition) is 1. The number of aromatic nitrogens is 2. The monoisotopic (exact) mass is 473 g/mol. The highest BCUT2D eigenvalue weighted by molar-refractivity contribution is 5.95. The summed E-state index contributed by atoms with van der Waals surface area (Å²) in [5.74, 6) is -0.696. The van der Waals surface area contributed by atoms with Gasteiger partial charge in [0, 0.05) is 12.1 Å². The Hall–Kier alpha value is -2.68. The Morgan fingerprint density at radius 1 is 1.06 bits per heavy atom. The van der Waals surface area contributed by atoms with E-state index >= 15 is 0 Å². The van der Waals surface area contributed by atoms with Crippen LogP contribution in [0.4, 0.5) is 23.7 Å². The summed E-state index contributed by atoms with van der Waals surface area (Å²) >= 11 is 0. The fraction of sp³-hybridized carbons (Fsp3) is 0.560. The summed E-state index contributed by atoms with van der Waals surface area (Å²) in [5.41, 5.74) is 1.07. The standard InChI is InChI=1S/C25H30F3N5O/c1-29-24(19-8-3-2-4-9-19)12-10-23(11-13-24)17-32(22(34)33(23)16-18-6-5-7-18)20-14-30-21(31-15-20)25(26,27)28/h2-4,8-9,14-15,18,29H,5-7,10-13,16-17H2,1H3/t23-,24-. The molecule has 0 bridgehead atoms. The molecule has 1 saturated heterocycles. The summed E-state index contributed by atoms with van der Waals surface area (Å²) in [6.45, 7) is 1.15. The zero-order valence-corrected chi connectivity index (χ0v) is 19.3. The molecule has 1 spiro atoms. The molecule has 3 aliphatic rings. The van der Waals surface area contributed by atoms with E-state index in [1.54, 1.807) is 4.90 Å². The van der Waals surface area contributed by atoms with Crippen LogP contribution in [0.3, 0.4) is 0 Å². The van der Waals surface area contributed by atoms with Crippen LogP contribution in [0.1, 0.15) is 56.3 Å². The summed E-state index contributed by atoms with van der Waals surface area (Å²) in [4.78, 5) is 24.2. The molecule has 182 valence electrons. The molecule has 6 nitrogen and oxygen atoms in total. The highest BCUT2D eigenvalue weighted by Crippen LogP contribution is 2.48. The van der Waals surface area contributed by atoms with Crippen molar-refractivity contribution in [1.29, 1.82) is 0 Å². The lowest BCUT2D eigenvalue weighted by atomic mass is 9.68. The van der Waals surface area contributed by atoms with Crippen molar-refractivity contribution in [2.75, 3.05) is 25.0 Å². The summed E-state index contributed by atoms with van der Waals surface area (Å²) in [6, 6.07) is 10.3. The first-order valence-electron chi connectivity index (χ1n) is 12.0. The lowest BCUT2D eigenvalue weighted by Crippen LogP contribution is -2.56. The molecule has 2 heterocycles. The molecule has 2 aromatic rings. The maximum Gasteiger partial charge on any atom is 0.451 e. The van der Waals surface area contributed by atoms with Gasteiger partial charge in [0.15, 0.2) is 0 Å². The van der Waals surface area contributed by atoms with Crippen molar-refractivity contribution < 1.29 is 18.0 Å². The van der Waals surface area contributed by atoms with E-state index in [9.17, 15) is 18.0 Å². The van der Waals surface area contributed by atoms with Crippen LogP contribution in [0.15, 0.2) is 42.7 Å². The number of nitrogens with one attached hydrogen (secondary N) is 1. The van der Waals surface area contributed by atoms with Gasteiger partial charge in [0.2, 0.25) is 5.82 Å². The first-order valence-corrected chi connectivity index (χ1v) is 12.0. The number of anilines is 1. The van der Waals surface area contributed by atoms with Crippen molar-refractivity contribution in [1.82, 2.24) is 20.2 Å². The molecule has 2 amide bonds. The van der Waals surface area contributed by atoms with Gasteiger partial charge >= 0.3 is 12.2 Å². The van der Waals surface area contributed by atoms with Gasteiger partial charge in [-0.15, -0.1) is 0 Å². The number of urea groups is 1. The average Bonchev–Trinajstić information content (AvgIpc) is 3.08. The summed E-state index contributed by atoms with van der Waals surface area (Å²) in [6.07, 6.45) is 4.45. The van der Waals surface area contributed by atoms with E-state index in [0.717, 1.165) is 50.9 Å². The van der Waals surface area contributed by atoms with E-state index in [0.29, 0.717) is 24.7 Å². The van der Waals surface area contributed by atoms with Crippen LogP contribution in [0, 0.1) is 5.92 Å². The molecule has 0 unspecified atom stereocenters. The van der Waals surface area contributed by atoms with E-state index in [-0.39, 0.29) is 17.1 Å². The summed E-state index contributed by atoms with van der Waals surface area (Å²) in [5, 5.41) is 3.55. The molecule has 34 heavy (non-hydrogen) atoms. The number of alkyl halides is 3. The predicted molar refractivity (Wildman–Crippen MR) is 122 cm³/mol. The van der Waals surface area contributed by atoms with Crippen LogP contribution in [-0.4, -0.2) is 46.6 Å². The molecule has 0 atom stereocenters. The minimum absolute atomic E-state index is 0.146. The third kappa shape index (κ3) is 3.93. The smallest absolute Gasteiger partial charge is 0.317 e. The molecule has 2 saturated carbocycles. The van der Waals surface area contributed by atoms with Crippen molar-refractivity contribution in [3.63, 3.8) is 0 Å². The first kappa shape index (κ1) is 23.1. The van der Waals surface area contributed by atoms with Gasteiger partial charge < -0.3 is 10.2 Å². The number of hydrogen-bond acceptors (Lipinski definition) is 4. The Labute approximate surface area is 197 Å². The third-order valence-corrected chi connectivity index (χ3v) is 8.19. The molecule has 1 aromatic carbocycles. The van der Waals surface area contributed by atoms with Gasteiger partial charge in [-0.25, -0.2) is 14.8 Å². The van der Waals surface area contributed by atoms with E-state index in [1.165, 1.54) is 12.0 Å². The second-order valence-corrected chi connectivity index (χ2v) is 9.96. The number of carbonyl (C=O) groups excluding carboxylic acids is 1. The molecule has 1 N–H and O–H groups in total. The molecule has 9 heteroatoms. The molecular formula is C25H30F3N5O. The van der Waals surface area contributed by atoms with Gasteiger partial charge in [-0.3, -0.25) is 4.90 Å². The van der Waals surface area contributed by atoms with Crippen molar-refractivity contribution in [2.45, 2.75) is 62.2 Å². The van der Waals surface area contributed by atoms with E-state index < -0.39 is 12.0 Å². The maximum atomic E-state index is 13.6. The van der Waals surface area contributed by atoms with Gasteiger partial charge in [-0.2, -0.15) is 13.2 Å². The van der Waals surface area contributed by atoms with Crippen LogP contribution in [0.2, 0.25) is 0 Å². The number of nitrogens with zero attached hydrogens (tertiary/aromatic N) is 4. The minimum atomic E-state index is -4.61. The fourth-order valence-electron chi connectivity index (χ4n) is 5.82. The van der Waals surface area contributed by atoms with Crippen molar-refractivity contribution >= 4 is 11.7 Å². The summed E-state index contributed by atoms with van der Waals surface area (Å²) < 4.78 is 38.8. The average molecular weight is 474 g/mol. The normalized spacial score (nSPS) is 27.9. The van der Waals surface area contributed by atoms with Crippen molar-refractivity contribution in [3.8, 4) is 0 Å². The topological polar surface area (TPSA) is 61.4 Å². The molecule has 3 fully saturated rings. The van der Waals surface area contributed by atoms with E-state index in [1.807, 2.05) is 30.1 Å². The van der Waals surface area contributed by atoms with Crippen LogP contribution in [0.5, 0.6) is 0 Å². The van der Waals surface area contributed by atoms with E-state index in [2.05, 4.69) is 27.4 Å². The maximum absolute atomic E-state index is 13.6. The Morgan fingerprint density at radius 2 is 1.71 bits per heavy atom. The Kier molecular flexibility index (Phi) is 5.78. The van der Waals surface area contributed by atoms with Gasteiger partial charge in [0.1, 0.15) is 0 Å². The van der Waals surface area contributed by atoms with Crippen LogP contribution < -0.4 is 10.2 Å². The second-order valence-electron chi connectivity index (χ2n) is 9.96. The Balaban J connectivity index is 1.42. The number of halogens is 3. The first-order chi connectivity index (χ1) is 16.3. The second kappa shape index (κ2) is 8.52. The highest BCUT2D eigenvalue weighted by Gasteiger charge is 2.54. The lowest BCUT2D eigenvalue weighted by molar-refractivity contribution is -0.144. The van der Waals surface area contributed by atoms with Gasteiger partial charge in [0.05, 0.1) is 30.2 Å². The van der Waals surface area contributed by atoms with Gasteiger partial charge in [-0.05, 0) is 57.1 Å². The molecular weight excluding hydrogens is 443 g/mol. The number of rotatable bonds is 5. The zero-order valence-electron chi connectivity index (χ0n) is 19.3. The molecule has 1 aliphatic heterocycles. The molecule has 2 aliphatic carbocycles. The molecule has 5 rings (SSSR count). The Morgan fingerprint density at radius 3 is 2.24 bits per heavy atom. The summed E-state index contributed by atoms with van der Waals surface area (Å²) in [7, 11) is 1.99. The Bertz CT molecular complexity index is 1020. The van der Waals surface area contributed by atoms with Crippen LogP contribution in [-0.2, 0) is 11.7 Å². The fourth-order valence-corrected chi connectivity index (χ4v) is 5.82. The largest absolute Gasteiger partial charge is 0.451 e. The number of benzene rings is 1.